The highest BCUT2D eigenvalue weighted by atomic mass is 19.1. The van der Waals surface area contributed by atoms with E-state index in [9.17, 15) is 9.18 Å². The molecule has 21 heavy (non-hydrogen) atoms. The lowest BCUT2D eigenvalue weighted by molar-refractivity contribution is 0.0697. The van der Waals surface area contributed by atoms with Crippen LogP contribution in [0.3, 0.4) is 0 Å². The van der Waals surface area contributed by atoms with Crippen molar-refractivity contribution in [1.82, 2.24) is 0 Å². The van der Waals surface area contributed by atoms with Crippen LogP contribution in [-0.4, -0.2) is 22.8 Å². The van der Waals surface area contributed by atoms with Gasteiger partial charge in [0.25, 0.3) is 0 Å². The van der Waals surface area contributed by atoms with Crippen LogP contribution in [0.5, 0.6) is 11.5 Å². The van der Waals surface area contributed by atoms with Crippen LogP contribution < -0.4 is 10.5 Å². The molecule has 0 saturated carbocycles. The quantitative estimate of drug-likeness (QED) is 0.736. The number of rotatable bonds is 5. The van der Waals surface area contributed by atoms with Gasteiger partial charge in [0.2, 0.25) is 0 Å². The number of hydrogen-bond acceptors (Lipinski definition) is 4. The molecule has 2 aromatic rings. The molecule has 0 bridgehead atoms. The highest BCUT2D eigenvalue weighted by molar-refractivity contribution is 5.94. The largest absolute Gasteiger partial charge is 0.478 e. The summed E-state index contributed by atoms with van der Waals surface area (Å²) in [7, 11) is 0. The summed E-state index contributed by atoms with van der Waals surface area (Å²) in [5.41, 5.74) is 5.74. The number of ether oxygens (including phenoxy) is 1. The lowest BCUT2D eigenvalue weighted by Gasteiger charge is -2.12. The minimum atomic E-state index is -1.26. The third-order valence-electron chi connectivity index (χ3n) is 2.91. The van der Waals surface area contributed by atoms with Crippen LogP contribution in [0.4, 0.5) is 10.1 Å². The van der Waals surface area contributed by atoms with E-state index >= 15 is 0 Å². The number of aromatic carboxylic acids is 1. The number of nitrogens with two attached hydrogens (primary N) is 1. The monoisotopic (exact) mass is 291 g/mol. The zero-order valence-corrected chi connectivity index (χ0v) is 11.0. The van der Waals surface area contributed by atoms with Gasteiger partial charge in [-0.3, -0.25) is 0 Å². The van der Waals surface area contributed by atoms with Crippen LogP contribution in [-0.2, 0) is 6.42 Å². The minimum Gasteiger partial charge on any atom is -0.478 e. The summed E-state index contributed by atoms with van der Waals surface area (Å²) in [6.45, 7) is -0.0784. The number of carboxylic acid groups (broad SMARTS) is 1. The molecule has 5 nitrogen and oxygen atoms in total. The second kappa shape index (κ2) is 6.23. The molecule has 110 valence electrons. The Kier molecular flexibility index (Phi) is 4.39. The Hall–Kier alpha value is -2.60. The number of carbonyl (C=O) groups is 1. The van der Waals surface area contributed by atoms with Gasteiger partial charge in [0.15, 0.2) is 11.6 Å². The second-order valence-electron chi connectivity index (χ2n) is 4.36. The van der Waals surface area contributed by atoms with Crippen molar-refractivity contribution < 1.29 is 24.1 Å². The van der Waals surface area contributed by atoms with Crippen molar-refractivity contribution in [1.29, 1.82) is 0 Å². The fourth-order valence-electron chi connectivity index (χ4n) is 1.88. The van der Waals surface area contributed by atoms with Crippen molar-refractivity contribution in [2.75, 3.05) is 12.3 Å². The van der Waals surface area contributed by atoms with E-state index in [1.54, 1.807) is 24.3 Å². The standard InChI is InChI=1S/C15H14FNO4/c16-11-8-12(17)10(15(19)20)7-14(11)21-13-4-2-1-3-9(13)5-6-18/h1-4,7-8,18H,5-6,17H2,(H,19,20). The molecule has 0 radical (unpaired) electrons. The molecular formula is C15H14FNO4. The third kappa shape index (κ3) is 3.29. The summed E-state index contributed by atoms with van der Waals surface area (Å²) in [6.07, 6.45) is 0.346. The normalized spacial score (nSPS) is 10.4. The van der Waals surface area contributed by atoms with E-state index in [2.05, 4.69) is 0 Å². The first-order chi connectivity index (χ1) is 10.0. The molecule has 0 heterocycles. The van der Waals surface area contributed by atoms with Crippen molar-refractivity contribution in [3.05, 3.63) is 53.3 Å². The maximum Gasteiger partial charge on any atom is 0.337 e. The molecule has 0 saturated heterocycles. The van der Waals surface area contributed by atoms with Crippen LogP contribution >= 0.6 is 0 Å². The number of carboxylic acids is 1. The number of anilines is 1. The number of hydrogen-bond donors (Lipinski definition) is 3. The number of benzene rings is 2. The van der Waals surface area contributed by atoms with E-state index in [1.807, 2.05) is 0 Å². The fourth-order valence-corrected chi connectivity index (χ4v) is 1.88. The molecule has 0 unspecified atom stereocenters. The number of aliphatic hydroxyl groups excluding tert-OH is 1. The summed E-state index contributed by atoms with van der Waals surface area (Å²) in [5, 5.41) is 18.0. The molecule has 0 aliphatic rings. The predicted octanol–water partition coefficient (Wildman–Crippen LogP) is 2.43. The molecule has 0 aliphatic heterocycles. The summed E-state index contributed by atoms with van der Waals surface area (Å²) >= 11 is 0. The summed E-state index contributed by atoms with van der Waals surface area (Å²) in [5.74, 6) is -1.89. The molecule has 0 aliphatic carbocycles. The van der Waals surface area contributed by atoms with Crippen molar-refractivity contribution in [3.63, 3.8) is 0 Å². The summed E-state index contributed by atoms with van der Waals surface area (Å²) in [4.78, 5) is 11.0. The van der Waals surface area contributed by atoms with Gasteiger partial charge >= 0.3 is 5.97 Å². The SMILES string of the molecule is Nc1cc(F)c(Oc2ccccc2CCO)cc1C(=O)O. The Balaban J connectivity index is 2.40. The van der Waals surface area contributed by atoms with Crippen molar-refractivity contribution >= 4 is 11.7 Å². The third-order valence-corrected chi connectivity index (χ3v) is 2.91. The highest BCUT2D eigenvalue weighted by Gasteiger charge is 2.15. The maximum absolute atomic E-state index is 13.8. The van der Waals surface area contributed by atoms with Crippen molar-refractivity contribution in [3.8, 4) is 11.5 Å². The smallest absolute Gasteiger partial charge is 0.337 e. The first-order valence-corrected chi connectivity index (χ1v) is 6.22. The average Bonchev–Trinajstić information content (AvgIpc) is 2.43. The van der Waals surface area contributed by atoms with Gasteiger partial charge in [-0.05, 0) is 18.1 Å². The minimum absolute atomic E-state index is 0.0784. The number of halogens is 1. The molecule has 0 spiro atoms. The van der Waals surface area contributed by atoms with E-state index in [0.717, 1.165) is 12.1 Å². The summed E-state index contributed by atoms with van der Waals surface area (Å²) < 4.78 is 19.3. The molecule has 0 atom stereocenters. The first kappa shape index (κ1) is 14.8. The van der Waals surface area contributed by atoms with Crippen LogP contribution in [0, 0.1) is 5.82 Å². The number of nitrogen functional groups attached to an aromatic ring is 1. The molecule has 0 amide bonds. The van der Waals surface area contributed by atoms with Crippen LogP contribution in [0.2, 0.25) is 0 Å². The van der Waals surface area contributed by atoms with Crippen LogP contribution in [0.1, 0.15) is 15.9 Å². The van der Waals surface area contributed by atoms with Gasteiger partial charge in [0.1, 0.15) is 5.75 Å². The first-order valence-electron chi connectivity index (χ1n) is 6.22. The van der Waals surface area contributed by atoms with Gasteiger partial charge in [-0.2, -0.15) is 0 Å². The molecule has 6 heteroatoms. The second-order valence-corrected chi connectivity index (χ2v) is 4.36. The van der Waals surface area contributed by atoms with Gasteiger partial charge in [-0.25, -0.2) is 9.18 Å². The highest BCUT2D eigenvalue weighted by Crippen LogP contribution is 2.30. The van der Waals surface area contributed by atoms with Crippen molar-refractivity contribution in [2.45, 2.75) is 6.42 Å². The average molecular weight is 291 g/mol. The van der Waals surface area contributed by atoms with Crippen molar-refractivity contribution in [2.24, 2.45) is 0 Å². The Morgan fingerprint density at radius 1 is 1.24 bits per heavy atom. The Bertz CT molecular complexity index is 673. The summed E-state index contributed by atoms with van der Waals surface area (Å²) in [6, 6.07) is 8.76. The zero-order chi connectivity index (χ0) is 15.4. The lowest BCUT2D eigenvalue weighted by Crippen LogP contribution is -2.04. The van der Waals surface area contributed by atoms with Gasteiger partial charge in [0.05, 0.1) is 5.56 Å². The molecule has 4 N–H and O–H groups in total. The zero-order valence-electron chi connectivity index (χ0n) is 11.0. The van der Waals surface area contributed by atoms with Gasteiger partial charge in [-0.1, -0.05) is 18.2 Å². The Labute approximate surface area is 120 Å². The van der Waals surface area contributed by atoms with E-state index < -0.39 is 11.8 Å². The van der Waals surface area contributed by atoms with E-state index in [1.165, 1.54) is 0 Å². The molecule has 2 aromatic carbocycles. The number of para-hydroxylation sites is 1. The topological polar surface area (TPSA) is 92.8 Å². The van der Waals surface area contributed by atoms with Crippen LogP contribution in [0.25, 0.3) is 0 Å². The lowest BCUT2D eigenvalue weighted by atomic mass is 10.1. The van der Waals surface area contributed by atoms with E-state index in [-0.39, 0.29) is 23.6 Å². The van der Waals surface area contributed by atoms with E-state index in [0.29, 0.717) is 17.7 Å². The van der Waals surface area contributed by atoms with Crippen LogP contribution in [0.15, 0.2) is 36.4 Å². The maximum atomic E-state index is 13.8. The molecular weight excluding hydrogens is 277 g/mol. The van der Waals surface area contributed by atoms with Gasteiger partial charge in [0, 0.05) is 24.4 Å². The van der Waals surface area contributed by atoms with Gasteiger partial charge < -0.3 is 20.7 Å². The Morgan fingerprint density at radius 2 is 1.95 bits per heavy atom. The van der Waals surface area contributed by atoms with E-state index in [4.69, 9.17) is 20.7 Å². The van der Waals surface area contributed by atoms with Gasteiger partial charge in [-0.15, -0.1) is 0 Å². The molecule has 0 aromatic heterocycles. The molecule has 2 rings (SSSR count). The fraction of sp³-hybridized carbons (Fsp3) is 0.133. The number of aliphatic hydroxyl groups is 1. The Morgan fingerprint density at radius 3 is 2.62 bits per heavy atom. The predicted molar refractivity (Wildman–Crippen MR) is 75.1 cm³/mol. The molecule has 0 fully saturated rings.